The molecule has 1 aliphatic heterocycles. The smallest absolute Gasteiger partial charge is 0.251 e. The maximum absolute atomic E-state index is 12.2. The number of aromatic nitrogens is 3. The average molecular weight is 332 g/mol. The van der Waals surface area contributed by atoms with Gasteiger partial charge in [0.15, 0.2) is 5.75 Å². The van der Waals surface area contributed by atoms with Crippen LogP contribution in [0.2, 0.25) is 0 Å². The minimum absolute atomic E-state index is 0.0325. The molecule has 1 fully saturated rings. The molecule has 128 valence electrons. The summed E-state index contributed by atoms with van der Waals surface area (Å²) in [5.41, 5.74) is 0.668. The zero-order valence-corrected chi connectivity index (χ0v) is 13.6. The number of pyridine rings is 1. The second-order valence-electron chi connectivity index (χ2n) is 5.89. The van der Waals surface area contributed by atoms with Crippen molar-refractivity contribution < 1.29 is 14.3 Å². The Morgan fingerprint density at radius 2 is 2.33 bits per heavy atom. The minimum atomic E-state index is -0.284. The van der Waals surface area contributed by atoms with Gasteiger partial charge < -0.3 is 19.4 Å². The lowest BCUT2D eigenvalue weighted by Gasteiger charge is -2.20. The highest BCUT2D eigenvalue weighted by atomic mass is 16.5. The highest BCUT2D eigenvalue weighted by Crippen LogP contribution is 2.16. The second kappa shape index (κ2) is 6.88. The fourth-order valence-electron chi connectivity index (χ4n) is 2.56. The SMILES string of the molecule is Cc1ccn(CC(=O)N[C@H]2COC[C@H]2Oc2cnn(C)c2)c(=O)c1. The van der Waals surface area contributed by atoms with Gasteiger partial charge in [0, 0.05) is 19.3 Å². The van der Waals surface area contributed by atoms with E-state index in [1.807, 2.05) is 6.92 Å². The Labute approximate surface area is 139 Å². The first-order chi connectivity index (χ1) is 11.5. The second-order valence-corrected chi connectivity index (χ2v) is 5.89. The summed E-state index contributed by atoms with van der Waals surface area (Å²) in [5, 5.41) is 6.91. The normalized spacial score (nSPS) is 20.1. The van der Waals surface area contributed by atoms with Crippen molar-refractivity contribution in [2.24, 2.45) is 7.05 Å². The Hall–Kier alpha value is -2.61. The highest BCUT2D eigenvalue weighted by Gasteiger charge is 2.31. The van der Waals surface area contributed by atoms with E-state index in [2.05, 4.69) is 10.4 Å². The van der Waals surface area contributed by atoms with Gasteiger partial charge in [0.25, 0.3) is 5.56 Å². The molecule has 2 atom stereocenters. The molecule has 0 saturated carbocycles. The highest BCUT2D eigenvalue weighted by molar-refractivity contribution is 5.76. The lowest BCUT2D eigenvalue weighted by atomic mass is 10.2. The van der Waals surface area contributed by atoms with E-state index in [-0.39, 0.29) is 30.2 Å². The Kier molecular flexibility index (Phi) is 4.66. The lowest BCUT2D eigenvalue weighted by Crippen LogP contribution is -2.46. The number of nitrogens with zero attached hydrogens (tertiary/aromatic N) is 3. The van der Waals surface area contributed by atoms with E-state index in [0.29, 0.717) is 19.0 Å². The zero-order chi connectivity index (χ0) is 17.1. The molecule has 24 heavy (non-hydrogen) atoms. The van der Waals surface area contributed by atoms with Gasteiger partial charge in [0.05, 0.1) is 31.6 Å². The summed E-state index contributed by atoms with van der Waals surface area (Å²) in [6.45, 7) is 2.57. The molecule has 8 nitrogen and oxygen atoms in total. The van der Waals surface area contributed by atoms with Gasteiger partial charge in [-0.1, -0.05) is 0 Å². The minimum Gasteiger partial charge on any atom is -0.482 e. The van der Waals surface area contributed by atoms with Gasteiger partial charge in [-0.15, -0.1) is 0 Å². The fraction of sp³-hybridized carbons (Fsp3) is 0.438. The Morgan fingerprint density at radius 1 is 1.50 bits per heavy atom. The van der Waals surface area contributed by atoms with Crippen LogP contribution in [0.5, 0.6) is 5.75 Å². The summed E-state index contributed by atoms with van der Waals surface area (Å²) in [5.74, 6) is 0.373. The number of nitrogens with one attached hydrogen (secondary N) is 1. The molecule has 0 aliphatic carbocycles. The average Bonchev–Trinajstić information content (AvgIpc) is 3.12. The molecule has 2 aromatic rings. The predicted octanol–water partition coefficient (Wildman–Crippen LogP) is -0.147. The third kappa shape index (κ3) is 3.83. The zero-order valence-electron chi connectivity index (χ0n) is 13.6. The van der Waals surface area contributed by atoms with Crippen LogP contribution in [-0.4, -0.2) is 45.6 Å². The first kappa shape index (κ1) is 16.3. The molecule has 0 bridgehead atoms. The number of ether oxygens (including phenoxy) is 2. The predicted molar refractivity (Wildman–Crippen MR) is 85.8 cm³/mol. The summed E-state index contributed by atoms with van der Waals surface area (Å²) in [7, 11) is 1.80. The van der Waals surface area contributed by atoms with Gasteiger partial charge in [-0.2, -0.15) is 5.10 Å². The molecule has 0 radical (unpaired) electrons. The van der Waals surface area contributed by atoms with Gasteiger partial charge >= 0.3 is 0 Å². The maximum Gasteiger partial charge on any atom is 0.251 e. The number of aryl methyl sites for hydroxylation is 2. The first-order valence-electron chi connectivity index (χ1n) is 7.71. The van der Waals surface area contributed by atoms with Crippen LogP contribution in [0.25, 0.3) is 0 Å². The van der Waals surface area contributed by atoms with Gasteiger partial charge in [-0.3, -0.25) is 14.3 Å². The standard InChI is InChI=1S/C16H20N4O4/c1-11-3-4-20(16(22)5-11)8-15(21)18-13-9-23-10-14(13)24-12-6-17-19(2)7-12/h3-7,13-14H,8-10H2,1-2H3,(H,18,21)/t13-,14+/m0/s1. The number of carbonyl (C=O) groups is 1. The lowest BCUT2D eigenvalue weighted by molar-refractivity contribution is -0.122. The van der Waals surface area contributed by atoms with Gasteiger partial charge in [-0.05, 0) is 18.6 Å². The van der Waals surface area contributed by atoms with Crippen molar-refractivity contribution in [2.45, 2.75) is 25.6 Å². The van der Waals surface area contributed by atoms with Crippen molar-refractivity contribution in [2.75, 3.05) is 13.2 Å². The molecule has 3 rings (SSSR count). The Morgan fingerprint density at radius 3 is 3.04 bits per heavy atom. The summed E-state index contributed by atoms with van der Waals surface area (Å²) < 4.78 is 14.2. The summed E-state index contributed by atoms with van der Waals surface area (Å²) >= 11 is 0. The number of amides is 1. The van der Waals surface area contributed by atoms with Crippen LogP contribution in [0.15, 0.2) is 35.5 Å². The van der Waals surface area contributed by atoms with Crippen molar-refractivity contribution >= 4 is 5.91 Å². The first-order valence-corrected chi connectivity index (χ1v) is 7.71. The van der Waals surface area contributed by atoms with Crippen molar-refractivity contribution in [1.82, 2.24) is 19.7 Å². The molecule has 1 N–H and O–H groups in total. The molecular weight excluding hydrogens is 312 g/mol. The number of hydrogen-bond donors (Lipinski definition) is 1. The molecule has 1 saturated heterocycles. The molecule has 0 unspecified atom stereocenters. The van der Waals surface area contributed by atoms with Gasteiger partial charge in [-0.25, -0.2) is 0 Å². The van der Waals surface area contributed by atoms with E-state index < -0.39 is 0 Å². The fourth-order valence-corrected chi connectivity index (χ4v) is 2.56. The van der Waals surface area contributed by atoms with Gasteiger partial charge in [0.2, 0.25) is 5.91 Å². The summed E-state index contributed by atoms with van der Waals surface area (Å²) in [4.78, 5) is 24.1. The van der Waals surface area contributed by atoms with Crippen molar-refractivity contribution in [1.29, 1.82) is 0 Å². The Bertz CT molecular complexity index is 782. The van der Waals surface area contributed by atoms with E-state index in [0.717, 1.165) is 5.56 Å². The third-order valence-electron chi connectivity index (χ3n) is 3.81. The van der Waals surface area contributed by atoms with Crippen molar-refractivity contribution in [3.63, 3.8) is 0 Å². The molecule has 1 amide bonds. The third-order valence-corrected chi connectivity index (χ3v) is 3.81. The van der Waals surface area contributed by atoms with E-state index in [4.69, 9.17) is 9.47 Å². The number of rotatable bonds is 5. The van der Waals surface area contributed by atoms with Crippen molar-refractivity contribution in [3.05, 3.63) is 46.6 Å². The van der Waals surface area contributed by atoms with E-state index in [9.17, 15) is 9.59 Å². The van der Waals surface area contributed by atoms with E-state index in [1.54, 1.807) is 36.4 Å². The van der Waals surface area contributed by atoms with E-state index >= 15 is 0 Å². The molecular formula is C16H20N4O4. The van der Waals surface area contributed by atoms with Crippen molar-refractivity contribution in [3.8, 4) is 5.75 Å². The Balaban J connectivity index is 1.59. The topological polar surface area (TPSA) is 87.4 Å². The molecule has 1 aliphatic rings. The summed E-state index contributed by atoms with van der Waals surface area (Å²) in [6.07, 6.45) is 4.70. The number of hydrogen-bond acceptors (Lipinski definition) is 5. The molecule has 8 heteroatoms. The maximum atomic E-state index is 12.2. The van der Waals surface area contributed by atoms with Crippen LogP contribution in [0.1, 0.15) is 5.56 Å². The molecule has 0 spiro atoms. The van der Waals surface area contributed by atoms with Crippen LogP contribution in [0.4, 0.5) is 0 Å². The van der Waals surface area contributed by atoms with Gasteiger partial charge in [0.1, 0.15) is 12.6 Å². The van der Waals surface area contributed by atoms with Crippen LogP contribution in [0.3, 0.4) is 0 Å². The van der Waals surface area contributed by atoms with Crippen LogP contribution in [0, 0.1) is 6.92 Å². The monoisotopic (exact) mass is 332 g/mol. The molecule has 2 aromatic heterocycles. The largest absolute Gasteiger partial charge is 0.482 e. The molecule has 0 aromatic carbocycles. The quantitative estimate of drug-likeness (QED) is 0.823. The summed E-state index contributed by atoms with van der Waals surface area (Å²) in [6, 6.07) is 3.03. The number of carbonyl (C=O) groups excluding carboxylic acids is 1. The van der Waals surface area contributed by atoms with E-state index in [1.165, 1.54) is 10.6 Å². The van der Waals surface area contributed by atoms with Crippen LogP contribution < -0.4 is 15.6 Å². The van der Waals surface area contributed by atoms with Crippen LogP contribution >= 0.6 is 0 Å². The molecule has 3 heterocycles. The van der Waals surface area contributed by atoms with Crippen LogP contribution in [-0.2, 0) is 23.1 Å².